The van der Waals surface area contributed by atoms with Gasteiger partial charge in [0, 0.05) is 11.1 Å². The summed E-state index contributed by atoms with van der Waals surface area (Å²) in [5.74, 6) is 0.305. The van der Waals surface area contributed by atoms with Gasteiger partial charge in [0.1, 0.15) is 5.75 Å². The van der Waals surface area contributed by atoms with Crippen molar-refractivity contribution >= 4 is 23.2 Å². The first-order valence-corrected chi connectivity index (χ1v) is 6.89. The maximum atomic E-state index is 11.3. The number of nitrogens with one attached hydrogen (secondary N) is 1. The average molecular weight is 305 g/mol. The lowest BCUT2D eigenvalue weighted by Gasteiger charge is -2.19. The summed E-state index contributed by atoms with van der Waals surface area (Å²) in [6.45, 7) is 1.99. The fourth-order valence-electron chi connectivity index (χ4n) is 2.12. The Bertz CT molecular complexity index is 658. The third-order valence-electron chi connectivity index (χ3n) is 3.23. The van der Waals surface area contributed by atoms with E-state index >= 15 is 0 Å². The third-order valence-corrected chi connectivity index (χ3v) is 3.56. The van der Waals surface area contributed by atoms with Crippen LogP contribution in [0.3, 0.4) is 0 Å². The average Bonchev–Trinajstić information content (AvgIpc) is 2.49. The molecule has 0 aromatic heterocycles. The number of methoxy groups -OCH3 is 1. The number of halogens is 1. The van der Waals surface area contributed by atoms with Crippen molar-refractivity contribution in [2.75, 3.05) is 12.4 Å². The second-order valence-corrected chi connectivity index (χ2v) is 5.07. The number of hydrogen-bond donors (Lipinski definition) is 2. The van der Waals surface area contributed by atoms with Crippen LogP contribution in [0.15, 0.2) is 42.5 Å². The molecule has 0 bridgehead atoms. The zero-order valence-electron chi connectivity index (χ0n) is 11.9. The Balaban J connectivity index is 2.29. The molecule has 0 radical (unpaired) electrons. The number of rotatable bonds is 5. The Hall–Kier alpha value is -2.20. The largest absolute Gasteiger partial charge is 0.496 e. The van der Waals surface area contributed by atoms with Crippen LogP contribution in [0.25, 0.3) is 0 Å². The molecule has 3 N–H and O–H groups in total. The molecule has 2 rings (SSSR count). The number of benzene rings is 2. The molecule has 4 nitrogen and oxygen atoms in total. The number of carbonyl (C=O) groups excluding carboxylic acids is 1. The molecule has 0 saturated heterocycles. The molecule has 21 heavy (non-hydrogen) atoms. The fraction of sp³-hybridized carbons (Fsp3) is 0.188. The number of amides is 1. The molecule has 0 aliphatic rings. The van der Waals surface area contributed by atoms with Crippen LogP contribution < -0.4 is 15.8 Å². The van der Waals surface area contributed by atoms with Gasteiger partial charge in [-0.3, -0.25) is 4.79 Å². The molecule has 0 fully saturated rings. The second-order valence-electron chi connectivity index (χ2n) is 4.67. The van der Waals surface area contributed by atoms with Gasteiger partial charge < -0.3 is 15.8 Å². The van der Waals surface area contributed by atoms with Crippen LogP contribution in [0, 0.1) is 0 Å². The summed E-state index contributed by atoms with van der Waals surface area (Å²) in [5.41, 5.74) is 7.36. The van der Waals surface area contributed by atoms with E-state index in [0.717, 1.165) is 11.3 Å². The van der Waals surface area contributed by atoms with Crippen LogP contribution >= 0.6 is 11.6 Å². The van der Waals surface area contributed by atoms with Gasteiger partial charge in [0.05, 0.1) is 23.9 Å². The molecular weight excluding hydrogens is 288 g/mol. The van der Waals surface area contributed by atoms with Crippen molar-refractivity contribution in [3.05, 3.63) is 58.6 Å². The fourth-order valence-corrected chi connectivity index (χ4v) is 2.30. The lowest BCUT2D eigenvalue weighted by Crippen LogP contribution is -2.13. The van der Waals surface area contributed by atoms with Gasteiger partial charge in [-0.25, -0.2) is 0 Å². The first kappa shape index (κ1) is 15.2. The van der Waals surface area contributed by atoms with E-state index in [2.05, 4.69) is 5.32 Å². The summed E-state index contributed by atoms with van der Waals surface area (Å²) < 4.78 is 5.35. The van der Waals surface area contributed by atoms with Gasteiger partial charge in [0.15, 0.2) is 0 Å². The molecule has 0 heterocycles. The molecule has 0 saturated carbocycles. The van der Waals surface area contributed by atoms with Crippen molar-refractivity contribution in [3.63, 3.8) is 0 Å². The molecular formula is C16H17ClN2O2. The van der Waals surface area contributed by atoms with Crippen molar-refractivity contribution < 1.29 is 9.53 Å². The minimum Gasteiger partial charge on any atom is -0.496 e. The molecule has 2 aromatic rings. The molecule has 2 aromatic carbocycles. The monoisotopic (exact) mass is 304 g/mol. The van der Waals surface area contributed by atoms with E-state index in [0.29, 0.717) is 16.3 Å². The predicted octanol–water partition coefficient (Wildman–Crippen LogP) is 3.62. The molecule has 1 amide bonds. The van der Waals surface area contributed by atoms with Crippen LogP contribution in [0.4, 0.5) is 5.69 Å². The van der Waals surface area contributed by atoms with Crippen LogP contribution in [0.5, 0.6) is 5.75 Å². The molecule has 1 unspecified atom stereocenters. The number of primary amides is 1. The van der Waals surface area contributed by atoms with Gasteiger partial charge in [-0.1, -0.05) is 29.8 Å². The zero-order chi connectivity index (χ0) is 15.4. The number of anilines is 1. The summed E-state index contributed by atoms with van der Waals surface area (Å²) in [6, 6.07) is 12.6. The quantitative estimate of drug-likeness (QED) is 0.886. The Labute approximate surface area is 128 Å². The summed E-state index contributed by atoms with van der Waals surface area (Å²) in [7, 11) is 1.63. The molecule has 0 aliphatic heterocycles. The van der Waals surface area contributed by atoms with Gasteiger partial charge in [-0.05, 0) is 31.2 Å². The van der Waals surface area contributed by atoms with E-state index in [1.807, 2.05) is 31.2 Å². The van der Waals surface area contributed by atoms with Gasteiger partial charge in [-0.2, -0.15) is 0 Å². The maximum Gasteiger partial charge on any atom is 0.248 e. The summed E-state index contributed by atoms with van der Waals surface area (Å²) in [6.07, 6.45) is 0. The van der Waals surface area contributed by atoms with Crippen molar-refractivity contribution in [2.24, 2.45) is 5.73 Å². The van der Waals surface area contributed by atoms with Gasteiger partial charge >= 0.3 is 0 Å². The van der Waals surface area contributed by atoms with Crippen molar-refractivity contribution in [1.82, 2.24) is 0 Å². The van der Waals surface area contributed by atoms with E-state index in [9.17, 15) is 4.79 Å². The Morgan fingerprint density at radius 3 is 2.67 bits per heavy atom. The van der Waals surface area contributed by atoms with Crippen molar-refractivity contribution in [3.8, 4) is 5.75 Å². The number of carbonyl (C=O) groups is 1. The van der Waals surface area contributed by atoms with Crippen molar-refractivity contribution in [2.45, 2.75) is 13.0 Å². The van der Waals surface area contributed by atoms with Gasteiger partial charge in [-0.15, -0.1) is 0 Å². The summed E-state index contributed by atoms with van der Waals surface area (Å²) >= 11 is 6.16. The summed E-state index contributed by atoms with van der Waals surface area (Å²) in [4.78, 5) is 11.3. The Morgan fingerprint density at radius 2 is 2.00 bits per heavy atom. The number of hydrogen-bond acceptors (Lipinski definition) is 3. The zero-order valence-corrected chi connectivity index (χ0v) is 12.6. The van der Waals surface area contributed by atoms with E-state index in [-0.39, 0.29) is 6.04 Å². The Morgan fingerprint density at radius 1 is 1.29 bits per heavy atom. The molecule has 0 spiro atoms. The minimum absolute atomic E-state index is 0.0400. The predicted molar refractivity (Wildman–Crippen MR) is 85.0 cm³/mol. The molecule has 1 atom stereocenters. The number of ether oxygens (including phenoxy) is 1. The number of para-hydroxylation sites is 1. The number of nitrogens with two attached hydrogens (primary N) is 1. The first-order chi connectivity index (χ1) is 10.0. The standard InChI is InChI=1S/C16H17ClN2O2/c1-10(12-5-3-4-6-15(12)21-2)19-14-9-11(16(18)20)7-8-13(14)17/h3-10,19H,1-2H3,(H2,18,20). The minimum atomic E-state index is -0.486. The van der Waals surface area contributed by atoms with Crippen LogP contribution in [0.1, 0.15) is 28.9 Å². The van der Waals surface area contributed by atoms with Crippen LogP contribution in [0.2, 0.25) is 5.02 Å². The molecule has 110 valence electrons. The van der Waals surface area contributed by atoms with Gasteiger partial charge in [0.25, 0.3) is 0 Å². The first-order valence-electron chi connectivity index (χ1n) is 6.51. The van der Waals surface area contributed by atoms with Gasteiger partial charge in [0.2, 0.25) is 5.91 Å². The lowest BCUT2D eigenvalue weighted by atomic mass is 10.1. The van der Waals surface area contributed by atoms with E-state index in [1.165, 1.54) is 0 Å². The topological polar surface area (TPSA) is 64.3 Å². The highest BCUT2D eigenvalue weighted by molar-refractivity contribution is 6.33. The van der Waals surface area contributed by atoms with E-state index in [1.54, 1.807) is 25.3 Å². The smallest absolute Gasteiger partial charge is 0.248 e. The van der Waals surface area contributed by atoms with Crippen LogP contribution in [-0.4, -0.2) is 13.0 Å². The van der Waals surface area contributed by atoms with E-state index < -0.39 is 5.91 Å². The second kappa shape index (κ2) is 6.50. The summed E-state index contributed by atoms with van der Waals surface area (Å²) in [5, 5.41) is 3.81. The maximum absolute atomic E-state index is 11.3. The Kier molecular flexibility index (Phi) is 4.70. The molecule has 5 heteroatoms. The SMILES string of the molecule is COc1ccccc1C(C)Nc1cc(C(N)=O)ccc1Cl. The third kappa shape index (κ3) is 3.47. The van der Waals surface area contributed by atoms with Crippen LogP contribution in [-0.2, 0) is 0 Å². The highest BCUT2D eigenvalue weighted by Crippen LogP contribution is 2.30. The highest BCUT2D eigenvalue weighted by Gasteiger charge is 2.13. The lowest BCUT2D eigenvalue weighted by molar-refractivity contribution is 0.100. The highest BCUT2D eigenvalue weighted by atomic mass is 35.5. The van der Waals surface area contributed by atoms with E-state index in [4.69, 9.17) is 22.1 Å². The molecule has 0 aliphatic carbocycles. The normalized spacial score (nSPS) is 11.8. The van der Waals surface area contributed by atoms with Crippen molar-refractivity contribution in [1.29, 1.82) is 0 Å².